The van der Waals surface area contributed by atoms with Crippen LogP contribution >= 0.6 is 0 Å². The summed E-state index contributed by atoms with van der Waals surface area (Å²) in [5.41, 5.74) is -0.235. The summed E-state index contributed by atoms with van der Waals surface area (Å²) in [6, 6.07) is 0.187. The lowest BCUT2D eigenvalue weighted by atomic mass is 9.90. The molecule has 1 aliphatic heterocycles. The van der Waals surface area contributed by atoms with Gasteiger partial charge in [0.15, 0.2) is 8.32 Å². The lowest BCUT2D eigenvalue weighted by Gasteiger charge is -2.37. The van der Waals surface area contributed by atoms with Crippen molar-refractivity contribution in [1.82, 2.24) is 5.32 Å². The Morgan fingerprint density at radius 3 is 2.29 bits per heavy atom. The maximum atomic E-state index is 11.7. The Bertz CT molecular complexity index is 305. The van der Waals surface area contributed by atoms with Crippen LogP contribution in [0.4, 0.5) is 0 Å². The average Bonchev–Trinajstić information content (AvgIpc) is 2.36. The molecule has 0 saturated carbocycles. The molecule has 0 aromatic heterocycles. The Hall–Kier alpha value is -0.353. The zero-order chi connectivity index (χ0) is 13.5. The minimum atomic E-state index is -1.69. The first-order valence-electron chi connectivity index (χ1n) is 6.41. The molecule has 4 heteroatoms. The van der Waals surface area contributed by atoms with Crippen LogP contribution in [0.5, 0.6) is 0 Å². The van der Waals surface area contributed by atoms with Crippen LogP contribution in [0.2, 0.25) is 18.1 Å². The SMILES string of the molecule is CC1(C)C[C@@H](CO[Si](C)(C)C(C)(C)C)NC1=O. The van der Waals surface area contributed by atoms with E-state index in [1.807, 2.05) is 13.8 Å². The van der Waals surface area contributed by atoms with Crippen molar-refractivity contribution in [2.45, 2.75) is 65.2 Å². The van der Waals surface area contributed by atoms with Crippen LogP contribution in [-0.2, 0) is 9.22 Å². The van der Waals surface area contributed by atoms with E-state index in [1.165, 1.54) is 0 Å². The monoisotopic (exact) mass is 257 g/mol. The highest BCUT2D eigenvalue weighted by Gasteiger charge is 2.42. The highest BCUT2D eigenvalue weighted by molar-refractivity contribution is 6.74. The molecule has 1 fully saturated rings. The molecule has 0 unspecified atom stereocenters. The van der Waals surface area contributed by atoms with Crippen molar-refractivity contribution < 1.29 is 9.22 Å². The molecule has 1 aliphatic rings. The van der Waals surface area contributed by atoms with Gasteiger partial charge in [0.2, 0.25) is 5.91 Å². The zero-order valence-electron chi connectivity index (χ0n) is 12.3. The third-order valence-corrected chi connectivity index (χ3v) is 8.66. The van der Waals surface area contributed by atoms with Gasteiger partial charge in [-0.05, 0) is 24.6 Å². The van der Waals surface area contributed by atoms with Gasteiger partial charge in [-0.15, -0.1) is 0 Å². The van der Waals surface area contributed by atoms with Gasteiger partial charge in [0.05, 0.1) is 12.6 Å². The molecule has 0 aromatic rings. The van der Waals surface area contributed by atoms with Crippen molar-refractivity contribution >= 4 is 14.2 Å². The predicted molar refractivity (Wildman–Crippen MR) is 73.5 cm³/mol. The molecule has 0 radical (unpaired) electrons. The van der Waals surface area contributed by atoms with Crippen molar-refractivity contribution in [2.24, 2.45) is 5.41 Å². The van der Waals surface area contributed by atoms with Crippen LogP contribution in [0.25, 0.3) is 0 Å². The fraction of sp³-hybridized carbons (Fsp3) is 0.923. The number of hydrogen-bond donors (Lipinski definition) is 1. The Kier molecular flexibility index (Phi) is 3.80. The third-order valence-electron chi connectivity index (χ3n) is 4.16. The van der Waals surface area contributed by atoms with Gasteiger partial charge >= 0.3 is 0 Å². The van der Waals surface area contributed by atoms with Gasteiger partial charge in [-0.2, -0.15) is 0 Å². The van der Waals surface area contributed by atoms with Gasteiger partial charge in [0, 0.05) is 5.41 Å². The van der Waals surface area contributed by atoms with Crippen LogP contribution in [0.15, 0.2) is 0 Å². The van der Waals surface area contributed by atoms with E-state index >= 15 is 0 Å². The minimum absolute atomic E-state index is 0.154. The molecule has 0 bridgehead atoms. The number of rotatable bonds is 3. The van der Waals surface area contributed by atoms with Crippen LogP contribution in [0.1, 0.15) is 41.0 Å². The summed E-state index contributed by atoms with van der Waals surface area (Å²) in [4.78, 5) is 11.7. The topological polar surface area (TPSA) is 38.3 Å². The standard InChI is InChI=1S/C13H27NO2Si/c1-12(2,3)17(6,7)16-9-10-8-13(4,5)11(15)14-10/h10H,8-9H2,1-7H3,(H,14,15)/t10-/m0/s1. The second kappa shape index (κ2) is 4.39. The summed E-state index contributed by atoms with van der Waals surface area (Å²) in [6.45, 7) is 15.8. The molecule has 3 nitrogen and oxygen atoms in total. The van der Waals surface area contributed by atoms with E-state index in [0.717, 1.165) is 6.42 Å². The fourth-order valence-electron chi connectivity index (χ4n) is 1.77. The van der Waals surface area contributed by atoms with E-state index in [0.29, 0.717) is 6.61 Å². The van der Waals surface area contributed by atoms with Crippen LogP contribution in [-0.4, -0.2) is 26.9 Å². The minimum Gasteiger partial charge on any atom is -0.415 e. The highest BCUT2D eigenvalue weighted by Crippen LogP contribution is 2.37. The first-order valence-corrected chi connectivity index (χ1v) is 9.31. The quantitative estimate of drug-likeness (QED) is 0.790. The molecule has 0 spiro atoms. The second-order valence-electron chi connectivity index (χ2n) is 7.33. The number of hydrogen-bond acceptors (Lipinski definition) is 2. The molecule has 1 N–H and O–H groups in total. The molecule has 1 rings (SSSR count). The predicted octanol–water partition coefficient (Wildman–Crippen LogP) is 2.92. The smallest absolute Gasteiger partial charge is 0.226 e. The van der Waals surface area contributed by atoms with Crippen LogP contribution in [0, 0.1) is 5.41 Å². The van der Waals surface area contributed by atoms with Crippen molar-refractivity contribution in [2.75, 3.05) is 6.61 Å². The Labute approximate surface area is 106 Å². The molecular weight excluding hydrogens is 230 g/mol. The van der Waals surface area contributed by atoms with E-state index in [1.54, 1.807) is 0 Å². The molecule has 0 aliphatic carbocycles. The van der Waals surface area contributed by atoms with Gasteiger partial charge in [-0.25, -0.2) is 0 Å². The summed E-state index contributed by atoms with van der Waals surface area (Å²) in [5, 5.41) is 3.25. The van der Waals surface area contributed by atoms with Crippen LogP contribution < -0.4 is 5.32 Å². The lowest BCUT2D eigenvalue weighted by molar-refractivity contribution is -0.126. The average molecular weight is 257 g/mol. The molecule has 1 amide bonds. The summed E-state index contributed by atoms with van der Waals surface area (Å²) < 4.78 is 6.14. The van der Waals surface area contributed by atoms with Gasteiger partial charge in [0.1, 0.15) is 0 Å². The van der Waals surface area contributed by atoms with Gasteiger partial charge < -0.3 is 9.74 Å². The van der Waals surface area contributed by atoms with Gasteiger partial charge in [-0.3, -0.25) is 4.79 Å². The molecular formula is C13H27NO2Si. The van der Waals surface area contributed by atoms with Crippen molar-refractivity contribution in [3.63, 3.8) is 0 Å². The molecule has 1 heterocycles. The largest absolute Gasteiger partial charge is 0.415 e. The Morgan fingerprint density at radius 2 is 1.94 bits per heavy atom. The van der Waals surface area contributed by atoms with E-state index in [4.69, 9.17) is 4.43 Å². The van der Waals surface area contributed by atoms with E-state index < -0.39 is 8.32 Å². The second-order valence-corrected chi connectivity index (χ2v) is 12.1. The molecule has 1 saturated heterocycles. The zero-order valence-corrected chi connectivity index (χ0v) is 13.3. The summed E-state index contributed by atoms with van der Waals surface area (Å²) in [6.07, 6.45) is 0.875. The van der Waals surface area contributed by atoms with E-state index in [9.17, 15) is 4.79 Å². The van der Waals surface area contributed by atoms with E-state index in [-0.39, 0.29) is 22.4 Å². The molecule has 17 heavy (non-hydrogen) atoms. The Morgan fingerprint density at radius 1 is 1.41 bits per heavy atom. The maximum absolute atomic E-state index is 11.7. The highest BCUT2D eigenvalue weighted by atomic mass is 28.4. The lowest BCUT2D eigenvalue weighted by Crippen LogP contribution is -2.44. The van der Waals surface area contributed by atoms with Crippen LogP contribution in [0.3, 0.4) is 0 Å². The molecule has 1 atom stereocenters. The van der Waals surface area contributed by atoms with Crippen molar-refractivity contribution in [1.29, 1.82) is 0 Å². The first-order chi connectivity index (χ1) is 7.46. The molecule has 0 aromatic carbocycles. The van der Waals surface area contributed by atoms with Crippen molar-refractivity contribution in [3.8, 4) is 0 Å². The van der Waals surface area contributed by atoms with Gasteiger partial charge in [-0.1, -0.05) is 34.6 Å². The number of carbonyl (C=O) groups is 1. The van der Waals surface area contributed by atoms with E-state index in [2.05, 4.69) is 39.2 Å². The Balaban J connectivity index is 2.52. The first kappa shape index (κ1) is 14.7. The number of carbonyl (C=O) groups excluding carboxylic acids is 1. The third kappa shape index (κ3) is 3.32. The normalized spacial score (nSPS) is 24.9. The summed E-state index contributed by atoms with van der Waals surface area (Å²) in [5.74, 6) is 0.154. The fourth-order valence-corrected chi connectivity index (χ4v) is 2.82. The molecule has 100 valence electrons. The summed E-state index contributed by atoms with van der Waals surface area (Å²) >= 11 is 0. The summed E-state index contributed by atoms with van der Waals surface area (Å²) in [7, 11) is -1.69. The number of amides is 1. The number of nitrogens with one attached hydrogen (secondary N) is 1. The van der Waals surface area contributed by atoms with Gasteiger partial charge in [0.25, 0.3) is 0 Å². The maximum Gasteiger partial charge on any atom is 0.226 e. The van der Waals surface area contributed by atoms with Crippen molar-refractivity contribution in [3.05, 3.63) is 0 Å².